The molecule has 0 aliphatic heterocycles. The van der Waals surface area contributed by atoms with E-state index in [0.29, 0.717) is 0 Å². The highest BCUT2D eigenvalue weighted by atomic mass is 79.9. The van der Waals surface area contributed by atoms with Crippen LogP contribution in [0.15, 0.2) is 22.7 Å². The molecule has 1 rings (SSSR count). The number of hydrogen-bond donors (Lipinski definition) is 2. The Balaban J connectivity index is 2.93. The first kappa shape index (κ1) is 14.0. The molecule has 0 heterocycles. The molecule has 94 valence electrons. The van der Waals surface area contributed by atoms with E-state index in [2.05, 4.69) is 21.2 Å². The average Bonchev–Trinajstić information content (AvgIpc) is 2.19. The molecule has 1 aromatic carbocycles. The Bertz CT molecular complexity index is 421. The van der Waals surface area contributed by atoms with Crippen LogP contribution < -0.4 is 11.1 Å². The number of nitrogens with one attached hydrogen (secondary N) is 1. The third kappa shape index (κ3) is 4.01. The van der Waals surface area contributed by atoms with Crippen molar-refractivity contribution in [3.63, 3.8) is 0 Å². The molecule has 0 bridgehead atoms. The summed E-state index contributed by atoms with van der Waals surface area (Å²) in [5.41, 5.74) is 4.42. The van der Waals surface area contributed by atoms with Crippen molar-refractivity contribution in [2.45, 2.75) is 12.6 Å². The number of benzene rings is 1. The van der Waals surface area contributed by atoms with Crippen molar-refractivity contribution in [1.82, 2.24) is 0 Å². The van der Waals surface area contributed by atoms with Gasteiger partial charge in [-0.1, -0.05) is 15.9 Å². The first-order valence-electron chi connectivity index (χ1n) is 4.71. The van der Waals surface area contributed by atoms with E-state index in [1.807, 2.05) is 0 Å². The van der Waals surface area contributed by atoms with Crippen LogP contribution in [0.4, 0.5) is 18.9 Å². The second-order valence-electron chi connectivity index (χ2n) is 3.28. The minimum atomic E-state index is -4.46. The normalized spacial score (nSPS) is 11.4. The van der Waals surface area contributed by atoms with Crippen molar-refractivity contribution in [2.24, 2.45) is 5.73 Å². The Morgan fingerprint density at radius 2 is 2.06 bits per heavy atom. The fourth-order valence-corrected chi connectivity index (χ4v) is 1.65. The minimum Gasteiger partial charge on any atom is -0.330 e. The van der Waals surface area contributed by atoms with Crippen LogP contribution in [0, 0.1) is 0 Å². The highest BCUT2D eigenvalue weighted by Crippen LogP contribution is 2.36. The van der Waals surface area contributed by atoms with E-state index in [-0.39, 0.29) is 23.1 Å². The lowest BCUT2D eigenvalue weighted by molar-refractivity contribution is -0.138. The molecule has 0 unspecified atom stereocenters. The first-order valence-corrected chi connectivity index (χ1v) is 5.50. The molecule has 0 aromatic heterocycles. The van der Waals surface area contributed by atoms with Gasteiger partial charge in [-0.3, -0.25) is 4.79 Å². The smallest absolute Gasteiger partial charge is 0.330 e. The first-order chi connectivity index (χ1) is 7.84. The number of anilines is 1. The molecular weight excluding hydrogens is 301 g/mol. The summed E-state index contributed by atoms with van der Waals surface area (Å²) in [6.45, 7) is 0.147. The van der Waals surface area contributed by atoms with Crippen molar-refractivity contribution in [3.8, 4) is 0 Å². The van der Waals surface area contributed by atoms with E-state index in [1.165, 1.54) is 12.1 Å². The molecule has 0 saturated heterocycles. The van der Waals surface area contributed by atoms with Gasteiger partial charge in [0.05, 0.1) is 5.56 Å². The summed E-state index contributed by atoms with van der Waals surface area (Å²) >= 11 is 2.81. The number of alkyl halides is 3. The maximum atomic E-state index is 12.6. The summed E-state index contributed by atoms with van der Waals surface area (Å²) in [7, 11) is 0. The molecule has 1 amide bonds. The summed E-state index contributed by atoms with van der Waals surface area (Å²) in [6, 6.07) is 3.49. The third-order valence-electron chi connectivity index (χ3n) is 1.93. The van der Waals surface area contributed by atoms with Gasteiger partial charge in [-0.25, -0.2) is 0 Å². The second kappa shape index (κ2) is 5.50. The van der Waals surface area contributed by atoms with E-state index in [9.17, 15) is 18.0 Å². The second-order valence-corrected chi connectivity index (χ2v) is 4.13. The lowest BCUT2D eigenvalue weighted by atomic mass is 10.2. The molecule has 17 heavy (non-hydrogen) atoms. The van der Waals surface area contributed by atoms with Gasteiger partial charge in [-0.05, 0) is 18.2 Å². The molecule has 0 spiro atoms. The standard InChI is InChI=1S/C10H10BrF3N2O/c11-8-2-1-6(16-9(17)3-4-15)5-7(8)10(12,13)14/h1-2,5H,3-4,15H2,(H,16,17). The van der Waals surface area contributed by atoms with Crippen molar-refractivity contribution in [1.29, 1.82) is 0 Å². The molecule has 0 saturated carbocycles. The highest BCUT2D eigenvalue weighted by molar-refractivity contribution is 9.10. The zero-order valence-corrected chi connectivity index (χ0v) is 10.2. The van der Waals surface area contributed by atoms with E-state index >= 15 is 0 Å². The molecule has 3 nitrogen and oxygen atoms in total. The van der Waals surface area contributed by atoms with E-state index in [0.717, 1.165) is 6.07 Å². The number of carbonyl (C=O) groups excluding carboxylic acids is 1. The van der Waals surface area contributed by atoms with Gasteiger partial charge in [0.25, 0.3) is 0 Å². The SMILES string of the molecule is NCCC(=O)Nc1ccc(Br)c(C(F)(F)F)c1. The zero-order chi connectivity index (χ0) is 13.1. The topological polar surface area (TPSA) is 55.1 Å². The maximum absolute atomic E-state index is 12.6. The molecule has 0 atom stereocenters. The number of hydrogen-bond acceptors (Lipinski definition) is 2. The fraction of sp³-hybridized carbons (Fsp3) is 0.300. The predicted octanol–water partition coefficient (Wildman–Crippen LogP) is 2.76. The van der Waals surface area contributed by atoms with Crippen molar-refractivity contribution in [2.75, 3.05) is 11.9 Å². The highest BCUT2D eigenvalue weighted by Gasteiger charge is 2.33. The lowest BCUT2D eigenvalue weighted by Crippen LogP contribution is -2.16. The van der Waals surface area contributed by atoms with Gasteiger partial charge in [0.1, 0.15) is 0 Å². The van der Waals surface area contributed by atoms with Crippen LogP contribution in [0.3, 0.4) is 0 Å². The zero-order valence-electron chi connectivity index (χ0n) is 8.64. The van der Waals surface area contributed by atoms with Gasteiger partial charge >= 0.3 is 6.18 Å². The summed E-state index contributed by atoms with van der Waals surface area (Å²) in [6.07, 6.45) is -4.40. The Hall–Kier alpha value is -1.08. The van der Waals surface area contributed by atoms with Crippen LogP contribution in [0.2, 0.25) is 0 Å². The fourth-order valence-electron chi connectivity index (χ4n) is 1.17. The number of amides is 1. The largest absolute Gasteiger partial charge is 0.417 e. The van der Waals surface area contributed by atoms with Gasteiger partial charge < -0.3 is 11.1 Å². The average molecular weight is 311 g/mol. The van der Waals surface area contributed by atoms with Gasteiger partial charge in [0.2, 0.25) is 5.91 Å². The predicted molar refractivity (Wildman–Crippen MR) is 61.4 cm³/mol. The van der Waals surface area contributed by atoms with Crippen LogP contribution in [-0.2, 0) is 11.0 Å². The Morgan fingerprint density at radius 3 is 2.59 bits per heavy atom. The maximum Gasteiger partial charge on any atom is 0.417 e. The molecular formula is C10H10BrF3N2O. The summed E-state index contributed by atoms with van der Waals surface area (Å²) in [4.78, 5) is 11.2. The van der Waals surface area contributed by atoms with Gasteiger partial charge in [-0.2, -0.15) is 13.2 Å². The Labute approximate surface area is 104 Å². The molecule has 3 N–H and O–H groups in total. The molecule has 0 aliphatic carbocycles. The Morgan fingerprint density at radius 1 is 1.41 bits per heavy atom. The lowest BCUT2D eigenvalue weighted by Gasteiger charge is -2.11. The van der Waals surface area contributed by atoms with Crippen molar-refractivity contribution < 1.29 is 18.0 Å². The third-order valence-corrected chi connectivity index (χ3v) is 2.62. The number of nitrogens with two attached hydrogens (primary N) is 1. The number of halogens is 4. The minimum absolute atomic E-state index is 0.0669. The van der Waals surface area contributed by atoms with Crippen LogP contribution in [0.25, 0.3) is 0 Å². The van der Waals surface area contributed by atoms with Crippen molar-refractivity contribution >= 4 is 27.5 Å². The molecule has 0 fully saturated rings. The summed E-state index contributed by atoms with van der Waals surface area (Å²) in [5, 5.41) is 2.34. The summed E-state index contributed by atoms with van der Waals surface area (Å²) in [5.74, 6) is -0.414. The van der Waals surface area contributed by atoms with Crippen molar-refractivity contribution in [3.05, 3.63) is 28.2 Å². The van der Waals surface area contributed by atoms with Gasteiger partial charge in [0.15, 0.2) is 0 Å². The number of rotatable bonds is 3. The van der Waals surface area contributed by atoms with E-state index in [1.54, 1.807) is 0 Å². The van der Waals surface area contributed by atoms with Crippen LogP contribution in [-0.4, -0.2) is 12.5 Å². The molecule has 7 heteroatoms. The van der Waals surface area contributed by atoms with Crippen LogP contribution >= 0.6 is 15.9 Å². The Kier molecular flexibility index (Phi) is 4.53. The van der Waals surface area contributed by atoms with E-state index < -0.39 is 17.6 Å². The quantitative estimate of drug-likeness (QED) is 0.902. The molecule has 0 aliphatic rings. The molecule has 1 aromatic rings. The van der Waals surface area contributed by atoms with Gasteiger partial charge in [0, 0.05) is 23.1 Å². The van der Waals surface area contributed by atoms with Crippen LogP contribution in [0.5, 0.6) is 0 Å². The summed E-state index contributed by atoms with van der Waals surface area (Å²) < 4.78 is 37.6. The number of carbonyl (C=O) groups is 1. The van der Waals surface area contributed by atoms with E-state index in [4.69, 9.17) is 5.73 Å². The van der Waals surface area contributed by atoms with Crippen LogP contribution in [0.1, 0.15) is 12.0 Å². The molecule has 0 radical (unpaired) electrons. The monoisotopic (exact) mass is 310 g/mol. The van der Waals surface area contributed by atoms with Gasteiger partial charge in [-0.15, -0.1) is 0 Å².